The number of nitrogens with zero attached hydrogens (tertiary/aromatic N) is 7. The average Bonchev–Trinajstić information content (AvgIpc) is 3.48. The summed E-state index contributed by atoms with van der Waals surface area (Å²) in [5.41, 5.74) is 6.83. The van der Waals surface area contributed by atoms with E-state index in [9.17, 15) is 27.6 Å². The molecule has 0 aromatic carbocycles. The molecule has 13 nitrogen and oxygen atoms in total. The van der Waals surface area contributed by atoms with E-state index in [0.717, 1.165) is 38.2 Å². The van der Waals surface area contributed by atoms with Crippen molar-refractivity contribution < 1.29 is 32.3 Å². The number of rotatable bonds is 4. The van der Waals surface area contributed by atoms with Gasteiger partial charge in [-0.1, -0.05) is 25.3 Å². The summed E-state index contributed by atoms with van der Waals surface area (Å²) < 4.78 is 47.9. The van der Waals surface area contributed by atoms with Crippen LogP contribution in [0.2, 0.25) is 0 Å². The molecular formula is C35H38F3N9O4. The first-order valence-corrected chi connectivity index (χ1v) is 17.1. The monoisotopic (exact) mass is 705 g/mol. The van der Waals surface area contributed by atoms with Crippen molar-refractivity contribution in [2.24, 2.45) is 11.1 Å². The molecule has 51 heavy (non-hydrogen) atoms. The Kier molecular flexibility index (Phi) is 8.98. The molecule has 16 heteroatoms. The lowest BCUT2D eigenvalue weighted by Crippen LogP contribution is -2.47. The maximum atomic E-state index is 14.3. The highest BCUT2D eigenvalue weighted by Crippen LogP contribution is 2.60. The van der Waals surface area contributed by atoms with Crippen LogP contribution in [0.25, 0.3) is 22.2 Å². The third-order valence-electron chi connectivity index (χ3n) is 10.1. The largest absolute Gasteiger partial charge is 0.433 e. The molecule has 3 atom stereocenters. The SMILES string of the molecule is Cc1ncc(-c2cc3c(C(N)=O)nn4c3c(n2)CCCCCCCOC[C@@]23C[C@@H](C(=O)Nc5nc(C(F)(F)F)ccc5C)N(C(=O)C4)[C@@H]2C3)cn1. The van der Waals surface area contributed by atoms with Gasteiger partial charge in [0, 0.05) is 41.4 Å². The second-order valence-corrected chi connectivity index (χ2v) is 13.8. The summed E-state index contributed by atoms with van der Waals surface area (Å²) in [5.74, 6) is -1.50. The Morgan fingerprint density at radius 1 is 1.04 bits per heavy atom. The molecule has 1 aliphatic carbocycles. The van der Waals surface area contributed by atoms with Gasteiger partial charge >= 0.3 is 6.18 Å². The molecular weight excluding hydrogens is 667 g/mol. The van der Waals surface area contributed by atoms with Crippen molar-refractivity contribution in [3.05, 3.63) is 59.1 Å². The number of hydrogen-bond donors (Lipinski definition) is 2. The zero-order chi connectivity index (χ0) is 36.1. The van der Waals surface area contributed by atoms with Crippen LogP contribution in [0.5, 0.6) is 0 Å². The minimum absolute atomic E-state index is 0.0267. The third-order valence-corrected chi connectivity index (χ3v) is 10.1. The second kappa shape index (κ2) is 13.3. The molecule has 2 bridgehead atoms. The van der Waals surface area contributed by atoms with Crippen LogP contribution in [0.1, 0.15) is 78.2 Å². The number of halogens is 3. The fourth-order valence-electron chi connectivity index (χ4n) is 7.37. The van der Waals surface area contributed by atoms with Crippen LogP contribution in [0, 0.1) is 19.3 Å². The minimum atomic E-state index is -4.70. The van der Waals surface area contributed by atoms with E-state index in [1.54, 1.807) is 32.3 Å². The van der Waals surface area contributed by atoms with Gasteiger partial charge in [-0.2, -0.15) is 18.3 Å². The zero-order valence-electron chi connectivity index (χ0n) is 28.3. The lowest BCUT2D eigenvalue weighted by atomic mass is 10.00. The lowest BCUT2D eigenvalue weighted by Gasteiger charge is -2.27. The molecule has 3 amide bonds. The van der Waals surface area contributed by atoms with Crippen LogP contribution in [-0.2, 0) is 33.5 Å². The Labute approximate surface area is 291 Å². The van der Waals surface area contributed by atoms with Gasteiger partial charge in [0.15, 0.2) is 5.69 Å². The number of primary amides is 1. The second-order valence-electron chi connectivity index (χ2n) is 13.8. The maximum absolute atomic E-state index is 14.3. The summed E-state index contributed by atoms with van der Waals surface area (Å²) in [6, 6.07) is 2.47. The fourth-order valence-corrected chi connectivity index (χ4v) is 7.37. The Bertz CT molecular complexity index is 2020. The predicted molar refractivity (Wildman–Crippen MR) is 178 cm³/mol. The summed E-state index contributed by atoms with van der Waals surface area (Å²) >= 11 is 0. The number of pyridine rings is 2. The van der Waals surface area contributed by atoms with Crippen molar-refractivity contribution in [2.45, 2.75) is 90.0 Å². The van der Waals surface area contributed by atoms with Gasteiger partial charge in [0.05, 0.1) is 23.5 Å². The summed E-state index contributed by atoms with van der Waals surface area (Å²) in [5, 5.41) is 7.52. The first-order chi connectivity index (χ1) is 24.3. The Morgan fingerprint density at radius 3 is 2.53 bits per heavy atom. The smallest absolute Gasteiger partial charge is 0.381 e. The molecule has 2 fully saturated rings. The summed E-state index contributed by atoms with van der Waals surface area (Å²) in [6.07, 6.45) is 4.56. The van der Waals surface area contributed by atoms with Gasteiger partial charge in [-0.25, -0.2) is 15.0 Å². The molecule has 4 aromatic rings. The van der Waals surface area contributed by atoms with Gasteiger partial charge in [0.2, 0.25) is 11.8 Å². The quantitative estimate of drug-likeness (QED) is 0.309. The topological polar surface area (TPSA) is 171 Å². The van der Waals surface area contributed by atoms with Gasteiger partial charge in [-0.15, -0.1) is 0 Å². The van der Waals surface area contributed by atoms with Gasteiger partial charge < -0.3 is 20.7 Å². The van der Waals surface area contributed by atoms with Crippen LogP contribution >= 0.6 is 0 Å². The van der Waals surface area contributed by atoms with Crippen molar-refractivity contribution in [3.63, 3.8) is 0 Å². The van der Waals surface area contributed by atoms with Crippen molar-refractivity contribution in [2.75, 3.05) is 18.5 Å². The number of amides is 3. The number of hydrogen-bond acceptors (Lipinski definition) is 9. The summed E-state index contributed by atoms with van der Waals surface area (Å²) in [6.45, 7) is 3.88. The molecule has 3 aliphatic rings. The standard InChI is InChI=1S/C35H38F3N9O4/c1-19-9-10-26(35(36,37)38)43-32(19)44-33(50)25-13-34-14-27(34)47(25)28(48)17-46-30-22(29(45-46)31(39)49)12-24(21-15-40-20(2)41-16-21)42-23(30)8-6-4-3-5-7-11-51-18-34/h9-10,12,15-16,25,27H,3-8,11,13-14,17-18H2,1-2H3,(H2,39,49)(H,43,44,50)/t25-,27+,34-/m0/s1. The lowest BCUT2D eigenvalue weighted by molar-refractivity contribution is -0.141. The fraction of sp³-hybridized carbons (Fsp3) is 0.486. The first-order valence-electron chi connectivity index (χ1n) is 17.1. The van der Waals surface area contributed by atoms with E-state index in [1.807, 2.05) is 0 Å². The van der Waals surface area contributed by atoms with Crippen LogP contribution in [0.15, 0.2) is 30.6 Å². The number of ether oxygens (including phenoxy) is 1. The van der Waals surface area contributed by atoms with Crippen molar-refractivity contribution in [1.82, 2.24) is 34.6 Å². The number of aromatic nitrogens is 6. The van der Waals surface area contributed by atoms with Crippen molar-refractivity contribution in [3.8, 4) is 11.3 Å². The Balaban J connectivity index is 1.27. The number of alkyl halides is 3. The molecule has 0 spiro atoms. The minimum Gasteiger partial charge on any atom is -0.381 e. The van der Waals surface area contributed by atoms with Crippen molar-refractivity contribution >= 4 is 34.4 Å². The average molecular weight is 706 g/mol. The van der Waals surface area contributed by atoms with E-state index in [4.69, 9.17) is 15.5 Å². The molecule has 1 saturated carbocycles. The van der Waals surface area contributed by atoms with E-state index in [1.165, 1.54) is 15.6 Å². The van der Waals surface area contributed by atoms with Crippen molar-refractivity contribution in [1.29, 1.82) is 0 Å². The highest BCUT2D eigenvalue weighted by molar-refractivity contribution is 6.06. The number of nitrogens with two attached hydrogens (primary N) is 1. The van der Waals surface area contributed by atoms with Crippen LogP contribution in [-0.4, -0.2) is 77.6 Å². The number of aryl methyl sites for hydroxylation is 3. The van der Waals surface area contributed by atoms with E-state index < -0.39 is 41.0 Å². The number of piperidine rings is 1. The Hall–Kier alpha value is -4.99. The highest BCUT2D eigenvalue weighted by atomic mass is 19.4. The summed E-state index contributed by atoms with van der Waals surface area (Å²) in [4.78, 5) is 59.7. The molecule has 3 N–H and O–H groups in total. The van der Waals surface area contributed by atoms with Gasteiger partial charge in [-0.05, 0) is 63.6 Å². The molecule has 0 unspecified atom stereocenters. The van der Waals surface area contributed by atoms with E-state index in [2.05, 4.69) is 25.4 Å². The molecule has 7 rings (SSSR count). The predicted octanol–water partition coefficient (Wildman–Crippen LogP) is 4.54. The molecule has 1 saturated heterocycles. The number of carbonyl (C=O) groups excluding carboxylic acids is 3. The normalized spacial score (nSPS) is 22.8. The maximum Gasteiger partial charge on any atom is 0.433 e. The Morgan fingerprint density at radius 2 is 1.78 bits per heavy atom. The summed E-state index contributed by atoms with van der Waals surface area (Å²) in [7, 11) is 0. The van der Waals surface area contributed by atoms with Crippen LogP contribution in [0.3, 0.4) is 0 Å². The van der Waals surface area contributed by atoms with Crippen LogP contribution in [0.4, 0.5) is 19.0 Å². The molecule has 268 valence electrons. The number of anilines is 1. The third kappa shape index (κ3) is 6.76. The van der Waals surface area contributed by atoms with E-state index >= 15 is 0 Å². The molecule has 4 aromatic heterocycles. The molecule has 6 heterocycles. The van der Waals surface area contributed by atoms with Gasteiger partial charge in [-0.3, -0.25) is 24.0 Å². The molecule has 0 radical (unpaired) electrons. The first kappa shape index (κ1) is 34.5. The van der Waals surface area contributed by atoms with E-state index in [0.29, 0.717) is 65.3 Å². The number of carbonyl (C=O) groups is 3. The highest BCUT2D eigenvalue weighted by Gasteiger charge is 2.67. The van der Waals surface area contributed by atoms with E-state index in [-0.39, 0.29) is 30.5 Å². The van der Waals surface area contributed by atoms with Crippen LogP contribution < -0.4 is 11.1 Å². The molecule has 2 aliphatic heterocycles. The zero-order valence-corrected chi connectivity index (χ0v) is 28.3. The van der Waals surface area contributed by atoms with Gasteiger partial charge in [0.1, 0.15) is 29.9 Å². The number of nitrogens with one attached hydrogen (secondary N) is 1. The van der Waals surface area contributed by atoms with Gasteiger partial charge in [0.25, 0.3) is 5.91 Å².